The number of hydrogen-bond donors (Lipinski definition) is 1. The van der Waals surface area contributed by atoms with E-state index in [9.17, 15) is 5.11 Å². The fourth-order valence-corrected chi connectivity index (χ4v) is 2.50. The summed E-state index contributed by atoms with van der Waals surface area (Å²) in [5.74, 6) is 1.14. The molecule has 0 aliphatic heterocycles. The summed E-state index contributed by atoms with van der Waals surface area (Å²) in [6.45, 7) is 5.73. The monoisotopic (exact) mass is 273 g/mol. The first kappa shape index (κ1) is 14.8. The fraction of sp³-hybridized carbons (Fsp3) is 0.412. The van der Waals surface area contributed by atoms with Crippen LogP contribution < -0.4 is 0 Å². The summed E-state index contributed by atoms with van der Waals surface area (Å²) in [5, 5.41) is 10.4. The van der Waals surface area contributed by atoms with Crippen molar-refractivity contribution < 1.29 is 9.52 Å². The number of nitrogens with zero attached hydrogens (tertiary/aromatic N) is 1. The number of rotatable bonds is 6. The Hall–Kier alpha value is -1.58. The van der Waals surface area contributed by atoms with Crippen molar-refractivity contribution in [2.45, 2.75) is 26.5 Å². The maximum atomic E-state index is 10.4. The summed E-state index contributed by atoms with van der Waals surface area (Å²) in [6, 6.07) is 11.8. The Morgan fingerprint density at radius 3 is 2.50 bits per heavy atom. The first-order valence-electron chi connectivity index (χ1n) is 7.02. The van der Waals surface area contributed by atoms with Gasteiger partial charge in [-0.25, -0.2) is 0 Å². The van der Waals surface area contributed by atoms with Gasteiger partial charge in [0.25, 0.3) is 0 Å². The third-order valence-electron chi connectivity index (χ3n) is 3.69. The van der Waals surface area contributed by atoms with Crippen LogP contribution >= 0.6 is 0 Å². The molecule has 1 aromatic heterocycles. The van der Waals surface area contributed by atoms with Gasteiger partial charge in [-0.05, 0) is 31.5 Å². The predicted octanol–water partition coefficient (Wildman–Crippen LogP) is 3.39. The Morgan fingerprint density at radius 2 is 1.90 bits per heavy atom. The van der Waals surface area contributed by atoms with Gasteiger partial charge in [-0.1, -0.05) is 37.3 Å². The van der Waals surface area contributed by atoms with Crippen molar-refractivity contribution in [3.63, 3.8) is 0 Å². The van der Waals surface area contributed by atoms with E-state index in [1.165, 1.54) is 5.56 Å². The minimum absolute atomic E-state index is 0.176. The molecule has 0 saturated heterocycles. The number of aryl methyl sites for hydroxylation is 1. The van der Waals surface area contributed by atoms with E-state index in [-0.39, 0.29) is 5.92 Å². The van der Waals surface area contributed by atoms with Crippen molar-refractivity contribution in [1.29, 1.82) is 0 Å². The van der Waals surface area contributed by atoms with E-state index in [1.807, 2.05) is 43.3 Å². The van der Waals surface area contributed by atoms with E-state index in [1.54, 1.807) is 6.26 Å². The zero-order valence-corrected chi connectivity index (χ0v) is 12.4. The van der Waals surface area contributed by atoms with E-state index in [0.717, 1.165) is 24.4 Å². The molecule has 0 spiro atoms. The number of hydrogen-bond acceptors (Lipinski definition) is 3. The van der Waals surface area contributed by atoms with E-state index >= 15 is 0 Å². The van der Waals surface area contributed by atoms with Gasteiger partial charge in [0.2, 0.25) is 0 Å². The quantitative estimate of drug-likeness (QED) is 0.876. The molecule has 108 valence electrons. The molecule has 0 aliphatic carbocycles. The topological polar surface area (TPSA) is 36.6 Å². The first-order valence-corrected chi connectivity index (χ1v) is 7.02. The summed E-state index contributed by atoms with van der Waals surface area (Å²) in [7, 11) is 2.07. The summed E-state index contributed by atoms with van der Waals surface area (Å²) < 4.78 is 5.31. The smallest absolute Gasteiger partial charge is 0.105 e. The lowest BCUT2D eigenvalue weighted by atomic mass is 9.97. The summed E-state index contributed by atoms with van der Waals surface area (Å²) in [6.07, 6.45) is 1.30. The van der Waals surface area contributed by atoms with Crippen LogP contribution in [0, 0.1) is 12.8 Å². The minimum atomic E-state index is -0.427. The van der Waals surface area contributed by atoms with Crippen molar-refractivity contribution in [3.8, 4) is 0 Å². The normalized spacial score (nSPS) is 14.4. The van der Waals surface area contributed by atoms with Gasteiger partial charge in [-0.3, -0.25) is 0 Å². The standard InChI is InChI=1S/C17H23NO2/c1-13(17(19)15-7-5-4-6-8-15)11-18(3)12-16-9-10-20-14(16)2/h4-10,13,17,19H,11-12H2,1-3H3. The van der Waals surface area contributed by atoms with E-state index in [4.69, 9.17) is 4.42 Å². The lowest BCUT2D eigenvalue weighted by Gasteiger charge is -2.25. The molecule has 1 N–H and O–H groups in total. The van der Waals surface area contributed by atoms with Crippen LogP contribution in [0.25, 0.3) is 0 Å². The summed E-state index contributed by atoms with van der Waals surface area (Å²) in [5.41, 5.74) is 2.18. The largest absolute Gasteiger partial charge is 0.469 e. The van der Waals surface area contributed by atoms with Crippen molar-refractivity contribution in [1.82, 2.24) is 4.90 Å². The molecule has 1 aromatic carbocycles. The molecule has 0 fully saturated rings. The fourth-order valence-electron chi connectivity index (χ4n) is 2.50. The van der Waals surface area contributed by atoms with E-state index in [0.29, 0.717) is 0 Å². The summed E-state index contributed by atoms with van der Waals surface area (Å²) in [4.78, 5) is 2.22. The van der Waals surface area contributed by atoms with Crippen molar-refractivity contribution in [2.24, 2.45) is 5.92 Å². The minimum Gasteiger partial charge on any atom is -0.469 e. The molecule has 20 heavy (non-hydrogen) atoms. The lowest BCUT2D eigenvalue weighted by Crippen LogP contribution is -2.27. The highest BCUT2D eigenvalue weighted by Crippen LogP contribution is 2.22. The molecule has 2 rings (SSSR count). The molecule has 2 aromatic rings. The van der Waals surface area contributed by atoms with Crippen LogP contribution in [0.5, 0.6) is 0 Å². The molecule has 1 heterocycles. The molecule has 0 radical (unpaired) electrons. The van der Waals surface area contributed by atoms with Crippen molar-refractivity contribution in [3.05, 3.63) is 59.5 Å². The molecule has 3 nitrogen and oxygen atoms in total. The van der Waals surface area contributed by atoms with Crippen LogP contribution in [0.2, 0.25) is 0 Å². The second-order valence-corrected chi connectivity index (χ2v) is 5.53. The van der Waals surface area contributed by atoms with Gasteiger partial charge in [0.05, 0.1) is 12.4 Å². The van der Waals surface area contributed by atoms with Gasteiger partial charge in [0.1, 0.15) is 5.76 Å². The van der Waals surface area contributed by atoms with Gasteiger partial charge in [-0.2, -0.15) is 0 Å². The molecular formula is C17H23NO2. The highest BCUT2D eigenvalue weighted by atomic mass is 16.3. The molecule has 2 atom stereocenters. The third-order valence-corrected chi connectivity index (χ3v) is 3.69. The average molecular weight is 273 g/mol. The van der Waals surface area contributed by atoms with Gasteiger partial charge >= 0.3 is 0 Å². The van der Waals surface area contributed by atoms with Crippen LogP contribution in [0.15, 0.2) is 47.1 Å². The van der Waals surface area contributed by atoms with Crippen LogP contribution in [-0.2, 0) is 6.54 Å². The van der Waals surface area contributed by atoms with E-state index < -0.39 is 6.10 Å². The van der Waals surface area contributed by atoms with Crippen LogP contribution in [-0.4, -0.2) is 23.6 Å². The molecular weight excluding hydrogens is 250 g/mol. The zero-order chi connectivity index (χ0) is 14.5. The Kier molecular flexibility index (Phi) is 4.99. The Balaban J connectivity index is 1.91. The predicted molar refractivity (Wildman–Crippen MR) is 80.3 cm³/mol. The maximum absolute atomic E-state index is 10.4. The second-order valence-electron chi connectivity index (χ2n) is 5.53. The number of benzene rings is 1. The van der Waals surface area contributed by atoms with Crippen molar-refractivity contribution in [2.75, 3.05) is 13.6 Å². The first-order chi connectivity index (χ1) is 9.58. The molecule has 3 heteroatoms. The number of aliphatic hydroxyl groups is 1. The van der Waals surface area contributed by atoms with Gasteiger partial charge in [0, 0.05) is 18.7 Å². The van der Waals surface area contributed by atoms with Gasteiger partial charge in [0.15, 0.2) is 0 Å². The Labute approximate surface area is 120 Å². The average Bonchev–Trinajstić information content (AvgIpc) is 2.84. The van der Waals surface area contributed by atoms with Crippen LogP contribution in [0.1, 0.15) is 29.9 Å². The number of furan rings is 1. The van der Waals surface area contributed by atoms with Crippen LogP contribution in [0.3, 0.4) is 0 Å². The highest BCUT2D eigenvalue weighted by Gasteiger charge is 2.18. The number of aliphatic hydroxyl groups excluding tert-OH is 1. The van der Waals surface area contributed by atoms with Crippen molar-refractivity contribution >= 4 is 0 Å². The molecule has 0 aliphatic rings. The van der Waals surface area contributed by atoms with Gasteiger partial charge < -0.3 is 14.4 Å². The lowest BCUT2D eigenvalue weighted by molar-refractivity contribution is 0.0932. The second kappa shape index (κ2) is 6.73. The Morgan fingerprint density at radius 1 is 1.20 bits per heavy atom. The van der Waals surface area contributed by atoms with Gasteiger partial charge in [-0.15, -0.1) is 0 Å². The Bertz CT molecular complexity index is 521. The molecule has 2 unspecified atom stereocenters. The zero-order valence-electron chi connectivity index (χ0n) is 12.4. The van der Waals surface area contributed by atoms with E-state index in [2.05, 4.69) is 18.9 Å². The van der Waals surface area contributed by atoms with Crippen LogP contribution in [0.4, 0.5) is 0 Å². The molecule has 0 saturated carbocycles. The summed E-state index contributed by atoms with van der Waals surface area (Å²) >= 11 is 0. The highest BCUT2D eigenvalue weighted by molar-refractivity contribution is 5.18. The maximum Gasteiger partial charge on any atom is 0.105 e. The molecule has 0 amide bonds. The molecule has 0 bridgehead atoms. The third kappa shape index (κ3) is 3.71. The SMILES string of the molecule is Cc1occc1CN(C)CC(C)C(O)c1ccccc1.